The number of allylic oxidation sites excluding steroid dienone is 2. The molecule has 1 aromatic heterocycles. The first-order chi connectivity index (χ1) is 15.0. The highest BCUT2D eigenvalue weighted by Gasteiger charge is 2.14. The molecule has 7 nitrogen and oxygen atoms in total. The molecule has 0 unspecified atom stereocenters. The van der Waals surface area contributed by atoms with E-state index in [9.17, 15) is 9.59 Å². The maximum atomic E-state index is 12.5. The predicted molar refractivity (Wildman–Crippen MR) is 121 cm³/mol. The first kappa shape index (κ1) is 19.9. The average molecular weight is 409 g/mol. The van der Waals surface area contributed by atoms with Crippen LogP contribution < -0.4 is 16.6 Å². The van der Waals surface area contributed by atoms with E-state index in [0.717, 1.165) is 5.56 Å². The minimum atomic E-state index is -0.333. The number of hydrogen-bond donors (Lipinski definition) is 2. The lowest BCUT2D eigenvalue weighted by Gasteiger charge is -2.16. The number of rotatable bonds is 5. The van der Waals surface area contributed by atoms with Crippen LogP contribution in [-0.2, 0) is 0 Å². The molecule has 0 aliphatic carbocycles. The van der Waals surface area contributed by atoms with Gasteiger partial charge in [-0.25, -0.2) is 9.67 Å². The van der Waals surface area contributed by atoms with Crippen LogP contribution in [0.15, 0.2) is 88.5 Å². The van der Waals surface area contributed by atoms with Gasteiger partial charge in [0.25, 0.3) is 11.5 Å². The van der Waals surface area contributed by atoms with Crippen LogP contribution >= 0.6 is 0 Å². The van der Waals surface area contributed by atoms with Gasteiger partial charge in [0.1, 0.15) is 0 Å². The van der Waals surface area contributed by atoms with Gasteiger partial charge in [-0.15, -0.1) is 0 Å². The Labute approximate surface area is 178 Å². The van der Waals surface area contributed by atoms with Crippen LogP contribution in [0.3, 0.4) is 0 Å². The van der Waals surface area contributed by atoms with E-state index in [2.05, 4.69) is 27.0 Å². The molecule has 0 saturated heterocycles. The summed E-state index contributed by atoms with van der Waals surface area (Å²) < 4.78 is 1.41. The van der Waals surface area contributed by atoms with Crippen molar-refractivity contribution in [2.75, 3.05) is 11.1 Å². The lowest BCUT2D eigenvalue weighted by Crippen LogP contribution is -2.26. The molecular formula is C24H19N5O2. The summed E-state index contributed by atoms with van der Waals surface area (Å²) >= 11 is 0. The van der Waals surface area contributed by atoms with Crippen molar-refractivity contribution in [1.29, 1.82) is 0 Å². The van der Waals surface area contributed by atoms with Crippen molar-refractivity contribution in [1.82, 2.24) is 9.78 Å². The smallest absolute Gasteiger partial charge is 0.267 e. The topological polar surface area (TPSA) is 102 Å². The second-order valence-electron chi connectivity index (χ2n) is 6.94. The minimum Gasteiger partial charge on any atom is -0.397 e. The average Bonchev–Trinajstić information content (AvgIpc) is 2.81. The molecule has 1 amide bonds. The third-order valence-corrected chi connectivity index (χ3v) is 4.90. The molecule has 1 aliphatic heterocycles. The number of carbonyl (C=O) groups is 1. The van der Waals surface area contributed by atoms with Gasteiger partial charge in [-0.3, -0.25) is 9.59 Å². The molecule has 1 atom stereocenters. The van der Waals surface area contributed by atoms with Crippen LogP contribution in [0, 0.1) is 0 Å². The summed E-state index contributed by atoms with van der Waals surface area (Å²) in [7, 11) is 0. The molecule has 152 valence electrons. The number of para-hydroxylation sites is 2. The summed E-state index contributed by atoms with van der Waals surface area (Å²) in [6.07, 6.45) is 3.35. The normalized spacial score (nSPS) is 13.0. The zero-order chi connectivity index (χ0) is 21.8. The fourth-order valence-electron chi connectivity index (χ4n) is 3.14. The summed E-state index contributed by atoms with van der Waals surface area (Å²) in [6, 6.07) is 16.9. The van der Waals surface area contributed by atoms with E-state index in [4.69, 9.17) is 5.73 Å². The van der Waals surface area contributed by atoms with E-state index < -0.39 is 0 Å². The molecule has 1 aliphatic rings. The predicted octanol–water partition coefficient (Wildman–Crippen LogP) is 3.42. The van der Waals surface area contributed by atoms with Crippen molar-refractivity contribution >= 4 is 28.7 Å². The Bertz CT molecular complexity index is 1340. The van der Waals surface area contributed by atoms with E-state index in [1.54, 1.807) is 66.9 Å². The standard InChI is InChI=1S/C24H19N5O2/c1-16(29-23(30)11-10-21(28-29)18-12-14-26-15-13-18)17-6-8-19(9-7-17)24(31)27-22-5-3-2-4-20(22)25/h2-12,14,16H,25H2,1H3,(H,27,31)/t16-/m0/s1. The summed E-state index contributed by atoms with van der Waals surface area (Å²) in [5.41, 5.74) is 12.2. The Kier molecular flexibility index (Phi) is 5.45. The molecule has 2 aromatic carbocycles. The molecule has 3 aromatic rings. The Morgan fingerprint density at radius 1 is 1.10 bits per heavy atom. The van der Waals surface area contributed by atoms with Crippen molar-refractivity contribution in [3.05, 3.63) is 106 Å². The van der Waals surface area contributed by atoms with E-state index in [0.29, 0.717) is 28.2 Å². The highest BCUT2D eigenvalue weighted by Crippen LogP contribution is 2.20. The minimum absolute atomic E-state index is 0.226. The number of nitrogens with zero attached hydrogens (tertiary/aromatic N) is 3. The molecule has 0 bridgehead atoms. The molecule has 0 spiro atoms. The Morgan fingerprint density at radius 3 is 2.58 bits per heavy atom. The Hall–Kier alpha value is -4.44. The van der Waals surface area contributed by atoms with Crippen LogP contribution in [0.25, 0.3) is 5.57 Å². The van der Waals surface area contributed by atoms with Crippen molar-refractivity contribution in [3.63, 3.8) is 0 Å². The van der Waals surface area contributed by atoms with E-state index in [1.807, 2.05) is 6.92 Å². The fourth-order valence-corrected chi connectivity index (χ4v) is 3.14. The summed E-state index contributed by atoms with van der Waals surface area (Å²) in [5.74, 6) is 2.38. The molecule has 0 radical (unpaired) electrons. The van der Waals surface area contributed by atoms with Gasteiger partial charge in [-0.05, 0) is 54.6 Å². The van der Waals surface area contributed by atoms with Gasteiger partial charge in [0.2, 0.25) is 0 Å². The van der Waals surface area contributed by atoms with E-state index >= 15 is 0 Å². The summed E-state index contributed by atoms with van der Waals surface area (Å²) in [6.45, 7) is 1.88. The lowest BCUT2D eigenvalue weighted by molar-refractivity contribution is 0.102. The highest BCUT2D eigenvalue weighted by atomic mass is 16.1. The quantitative estimate of drug-likeness (QED) is 0.498. The Balaban J connectivity index is 1.57. The molecule has 2 heterocycles. The SMILES string of the molecule is C[C@@H](c1ccc(C(=O)Nc2ccccc2N)cc1)n1nc(C2=C=C=NC=C2)ccc1=O. The van der Waals surface area contributed by atoms with Crippen molar-refractivity contribution < 1.29 is 4.79 Å². The number of aliphatic imine (C=N–C) groups is 1. The maximum Gasteiger partial charge on any atom is 0.267 e. The second kappa shape index (κ2) is 8.51. The largest absolute Gasteiger partial charge is 0.397 e. The monoisotopic (exact) mass is 409 g/mol. The van der Waals surface area contributed by atoms with Gasteiger partial charge in [-0.2, -0.15) is 5.10 Å². The van der Waals surface area contributed by atoms with E-state index in [-0.39, 0.29) is 17.5 Å². The number of benzene rings is 2. The third kappa shape index (κ3) is 4.28. The van der Waals surface area contributed by atoms with Crippen LogP contribution in [0.1, 0.15) is 34.6 Å². The first-order valence-electron chi connectivity index (χ1n) is 9.63. The fraction of sp³-hybridized carbons (Fsp3) is 0.0833. The molecule has 31 heavy (non-hydrogen) atoms. The van der Waals surface area contributed by atoms with Crippen molar-refractivity contribution in [2.24, 2.45) is 4.99 Å². The van der Waals surface area contributed by atoms with Gasteiger partial charge < -0.3 is 11.1 Å². The highest BCUT2D eigenvalue weighted by molar-refractivity contribution is 6.05. The van der Waals surface area contributed by atoms with Crippen molar-refractivity contribution in [2.45, 2.75) is 13.0 Å². The van der Waals surface area contributed by atoms with Crippen LogP contribution in [0.2, 0.25) is 0 Å². The zero-order valence-electron chi connectivity index (χ0n) is 16.7. The number of nitrogens with one attached hydrogen (secondary N) is 1. The number of hydrogen-bond acceptors (Lipinski definition) is 5. The number of anilines is 2. The summed E-state index contributed by atoms with van der Waals surface area (Å²) in [5, 5.41) is 7.27. The number of nitrogen functional groups attached to an aromatic ring is 1. The molecule has 3 N–H and O–H groups in total. The van der Waals surface area contributed by atoms with Crippen molar-refractivity contribution in [3.8, 4) is 0 Å². The number of aromatic nitrogens is 2. The van der Waals surface area contributed by atoms with Gasteiger partial charge in [-0.1, -0.05) is 24.3 Å². The number of amides is 1. The van der Waals surface area contributed by atoms with Crippen LogP contribution in [0.4, 0.5) is 11.4 Å². The van der Waals surface area contributed by atoms with Crippen LogP contribution in [0.5, 0.6) is 0 Å². The second-order valence-corrected chi connectivity index (χ2v) is 6.94. The van der Waals surface area contributed by atoms with E-state index in [1.165, 1.54) is 10.7 Å². The number of nitrogens with two attached hydrogens (primary N) is 1. The molecule has 4 rings (SSSR count). The van der Waals surface area contributed by atoms with Gasteiger partial charge in [0.15, 0.2) is 0 Å². The third-order valence-electron chi connectivity index (χ3n) is 4.90. The van der Waals surface area contributed by atoms with Gasteiger partial charge in [0, 0.05) is 23.7 Å². The molecule has 7 heteroatoms. The summed E-state index contributed by atoms with van der Waals surface area (Å²) in [4.78, 5) is 28.8. The number of carbonyl (C=O) groups excluding carboxylic acids is 1. The lowest BCUT2D eigenvalue weighted by atomic mass is 10.1. The van der Waals surface area contributed by atoms with Gasteiger partial charge in [0.05, 0.1) is 28.7 Å². The molecular weight excluding hydrogens is 390 g/mol. The molecule has 0 fully saturated rings. The Morgan fingerprint density at radius 2 is 1.87 bits per heavy atom. The van der Waals surface area contributed by atoms with Crippen LogP contribution in [-0.4, -0.2) is 21.6 Å². The zero-order valence-corrected chi connectivity index (χ0v) is 16.7. The first-order valence-corrected chi connectivity index (χ1v) is 9.63. The van der Waals surface area contributed by atoms with Gasteiger partial charge >= 0.3 is 0 Å². The maximum absolute atomic E-state index is 12.5. The molecule has 0 saturated carbocycles.